The third-order valence-electron chi connectivity index (χ3n) is 3.17. The van der Waals surface area contributed by atoms with E-state index in [0.29, 0.717) is 10.2 Å². The van der Waals surface area contributed by atoms with E-state index in [1.54, 1.807) is 12.1 Å². The van der Waals surface area contributed by atoms with Crippen LogP contribution in [0.1, 0.15) is 29.5 Å². The molecule has 1 atom stereocenters. The Morgan fingerprint density at radius 1 is 1.38 bits per heavy atom. The predicted octanol–water partition coefficient (Wildman–Crippen LogP) is 3.22. The normalized spacial score (nSPS) is 17.9. The van der Waals surface area contributed by atoms with E-state index in [4.69, 9.17) is 16.3 Å². The number of carbonyl (C=O) groups is 1. The molecule has 2 heterocycles. The Bertz CT molecular complexity index is 623. The van der Waals surface area contributed by atoms with E-state index in [2.05, 4.69) is 15.5 Å². The minimum Gasteiger partial charge on any atom is -0.371 e. The van der Waals surface area contributed by atoms with Gasteiger partial charge in [-0.2, -0.15) is 0 Å². The number of rotatable bonds is 4. The van der Waals surface area contributed by atoms with Crippen LogP contribution in [-0.4, -0.2) is 22.7 Å². The van der Waals surface area contributed by atoms with Gasteiger partial charge in [-0.15, -0.1) is 10.2 Å². The predicted molar refractivity (Wildman–Crippen MR) is 81.6 cm³/mol. The standard InChI is InChI=1S/C14H14ClN3O2S/c15-10-5-3-9(4-6-10)8-12(19)16-14-18-17-13(21-14)11-2-1-7-20-11/h3-6,11H,1-2,7-8H2,(H,16,18,19)/t11-/m1/s1. The molecule has 5 nitrogen and oxygen atoms in total. The fourth-order valence-electron chi connectivity index (χ4n) is 2.14. The molecule has 1 amide bonds. The van der Waals surface area contributed by atoms with E-state index in [9.17, 15) is 4.79 Å². The van der Waals surface area contributed by atoms with Crippen LogP contribution in [0.25, 0.3) is 0 Å². The Morgan fingerprint density at radius 2 is 2.19 bits per heavy atom. The van der Waals surface area contributed by atoms with Crippen molar-refractivity contribution in [1.82, 2.24) is 10.2 Å². The molecule has 0 saturated carbocycles. The van der Waals surface area contributed by atoms with E-state index >= 15 is 0 Å². The zero-order valence-corrected chi connectivity index (χ0v) is 12.8. The molecule has 7 heteroatoms. The van der Waals surface area contributed by atoms with Crippen LogP contribution in [0.15, 0.2) is 24.3 Å². The van der Waals surface area contributed by atoms with Gasteiger partial charge in [0.25, 0.3) is 0 Å². The lowest BCUT2D eigenvalue weighted by molar-refractivity contribution is -0.115. The maximum Gasteiger partial charge on any atom is 0.230 e. The SMILES string of the molecule is O=C(Cc1ccc(Cl)cc1)Nc1nnc([C@H]2CCCO2)s1. The van der Waals surface area contributed by atoms with E-state index in [-0.39, 0.29) is 18.4 Å². The summed E-state index contributed by atoms with van der Waals surface area (Å²) in [5.41, 5.74) is 0.903. The summed E-state index contributed by atoms with van der Waals surface area (Å²) in [6.45, 7) is 0.766. The number of carbonyl (C=O) groups excluding carboxylic acids is 1. The molecule has 1 aromatic carbocycles. The van der Waals surface area contributed by atoms with Crippen molar-refractivity contribution in [2.75, 3.05) is 11.9 Å². The second kappa shape index (κ2) is 6.51. The van der Waals surface area contributed by atoms with Crippen molar-refractivity contribution in [1.29, 1.82) is 0 Å². The van der Waals surface area contributed by atoms with Crippen LogP contribution >= 0.6 is 22.9 Å². The van der Waals surface area contributed by atoms with Crippen molar-refractivity contribution in [3.8, 4) is 0 Å². The van der Waals surface area contributed by atoms with Gasteiger partial charge in [-0.05, 0) is 30.5 Å². The fraction of sp³-hybridized carbons (Fsp3) is 0.357. The molecule has 0 aliphatic carbocycles. The molecule has 1 aliphatic heterocycles. The largest absolute Gasteiger partial charge is 0.371 e. The zero-order chi connectivity index (χ0) is 14.7. The molecule has 0 unspecified atom stereocenters. The van der Waals surface area contributed by atoms with Gasteiger partial charge in [-0.25, -0.2) is 0 Å². The number of halogens is 1. The molecule has 1 aromatic heterocycles. The highest BCUT2D eigenvalue weighted by Crippen LogP contribution is 2.31. The van der Waals surface area contributed by atoms with Gasteiger partial charge in [-0.3, -0.25) is 4.79 Å². The highest BCUT2D eigenvalue weighted by molar-refractivity contribution is 7.15. The highest BCUT2D eigenvalue weighted by Gasteiger charge is 2.22. The topological polar surface area (TPSA) is 64.1 Å². The van der Waals surface area contributed by atoms with E-state index in [1.165, 1.54) is 11.3 Å². The summed E-state index contributed by atoms with van der Waals surface area (Å²) >= 11 is 7.19. The molecule has 21 heavy (non-hydrogen) atoms. The second-order valence-corrected chi connectivity index (χ2v) is 6.24. The van der Waals surface area contributed by atoms with E-state index < -0.39 is 0 Å². The van der Waals surface area contributed by atoms with Gasteiger partial charge in [0.05, 0.1) is 6.42 Å². The van der Waals surface area contributed by atoms with E-state index in [0.717, 1.165) is 30.0 Å². The molecule has 1 aliphatic rings. The van der Waals surface area contributed by atoms with Crippen molar-refractivity contribution < 1.29 is 9.53 Å². The van der Waals surface area contributed by atoms with Crippen molar-refractivity contribution >= 4 is 34.0 Å². The summed E-state index contributed by atoms with van der Waals surface area (Å²) in [6.07, 6.45) is 2.33. The number of aromatic nitrogens is 2. The smallest absolute Gasteiger partial charge is 0.230 e. The molecular formula is C14H14ClN3O2S. The van der Waals surface area contributed by atoms with Gasteiger partial charge >= 0.3 is 0 Å². The minimum absolute atomic E-state index is 0.0319. The lowest BCUT2D eigenvalue weighted by Gasteiger charge is -2.03. The molecule has 110 valence electrons. The third kappa shape index (κ3) is 3.78. The Balaban J connectivity index is 1.58. The Kier molecular flexibility index (Phi) is 4.48. The van der Waals surface area contributed by atoms with Crippen LogP contribution in [0.5, 0.6) is 0 Å². The quantitative estimate of drug-likeness (QED) is 0.938. The summed E-state index contributed by atoms with van der Waals surface area (Å²) in [6, 6.07) is 7.20. The number of ether oxygens (including phenoxy) is 1. The van der Waals surface area contributed by atoms with Gasteiger partial charge in [0.2, 0.25) is 11.0 Å². The molecule has 0 bridgehead atoms. The Labute approximate surface area is 131 Å². The van der Waals surface area contributed by atoms with Gasteiger partial charge in [-0.1, -0.05) is 35.1 Å². The van der Waals surface area contributed by atoms with Crippen LogP contribution in [0.3, 0.4) is 0 Å². The van der Waals surface area contributed by atoms with Gasteiger partial charge in [0.15, 0.2) is 0 Å². The number of hydrogen-bond acceptors (Lipinski definition) is 5. The summed E-state index contributed by atoms with van der Waals surface area (Å²) < 4.78 is 5.55. The first kappa shape index (κ1) is 14.4. The monoisotopic (exact) mass is 323 g/mol. The number of nitrogens with one attached hydrogen (secondary N) is 1. The van der Waals surface area contributed by atoms with Crippen molar-refractivity contribution in [3.63, 3.8) is 0 Å². The summed E-state index contributed by atoms with van der Waals surface area (Å²) in [5, 5.41) is 12.8. The van der Waals surface area contributed by atoms with Gasteiger partial charge < -0.3 is 10.1 Å². The molecule has 1 N–H and O–H groups in total. The van der Waals surface area contributed by atoms with Gasteiger partial charge in [0, 0.05) is 11.6 Å². The summed E-state index contributed by atoms with van der Waals surface area (Å²) in [7, 11) is 0. The number of benzene rings is 1. The lowest BCUT2D eigenvalue weighted by Crippen LogP contribution is -2.14. The maximum absolute atomic E-state index is 12.0. The molecule has 3 rings (SSSR count). The number of amides is 1. The Hall–Kier alpha value is -1.50. The molecule has 1 fully saturated rings. The van der Waals surface area contributed by atoms with Crippen LogP contribution in [0, 0.1) is 0 Å². The molecule has 0 spiro atoms. The Morgan fingerprint density at radius 3 is 2.90 bits per heavy atom. The lowest BCUT2D eigenvalue weighted by atomic mass is 10.1. The van der Waals surface area contributed by atoms with Crippen molar-refractivity contribution in [3.05, 3.63) is 39.9 Å². The van der Waals surface area contributed by atoms with Gasteiger partial charge in [0.1, 0.15) is 11.1 Å². The molecule has 2 aromatic rings. The van der Waals surface area contributed by atoms with Crippen molar-refractivity contribution in [2.45, 2.75) is 25.4 Å². The zero-order valence-electron chi connectivity index (χ0n) is 11.2. The first-order valence-corrected chi connectivity index (χ1v) is 7.89. The molecule has 0 radical (unpaired) electrons. The maximum atomic E-state index is 12.0. The van der Waals surface area contributed by atoms with Crippen LogP contribution < -0.4 is 5.32 Å². The van der Waals surface area contributed by atoms with E-state index in [1.807, 2.05) is 12.1 Å². The average molecular weight is 324 g/mol. The average Bonchev–Trinajstić information content (AvgIpc) is 3.12. The van der Waals surface area contributed by atoms with Crippen LogP contribution in [-0.2, 0) is 16.0 Å². The highest BCUT2D eigenvalue weighted by atomic mass is 35.5. The summed E-state index contributed by atoms with van der Waals surface area (Å²) in [5.74, 6) is -0.118. The summed E-state index contributed by atoms with van der Waals surface area (Å²) in [4.78, 5) is 12.0. The second-order valence-electron chi connectivity index (χ2n) is 4.80. The number of anilines is 1. The fourth-order valence-corrected chi connectivity index (χ4v) is 3.11. The van der Waals surface area contributed by atoms with Crippen molar-refractivity contribution in [2.24, 2.45) is 0 Å². The van der Waals surface area contributed by atoms with Crippen LogP contribution in [0.2, 0.25) is 5.02 Å². The molecule has 1 saturated heterocycles. The first-order valence-electron chi connectivity index (χ1n) is 6.70. The number of nitrogens with zero attached hydrogens (tertiary/aromatic N) is 2. The first-order chi connectivity index (χ1) is 10.2. The van der Waals surface area contributed by atoms with Crippen LogP contribution in [0.4, 0.5) is 5.13 Å². The molecular weight excluding hydrogens is 310 g/mol. The minimum atomic E-state index is -0.118. The number of hydrogen-bond donors (Lipinski definition) is 1. The third-order valence-corrected chi connectivity index (χ3v) is 4.35.